The summed E-state index contributed by atoms with van der Waals surface area (Å²) in [6.07, 6.45) is 7.45. The van der Waals surface area contributed by atoms with E-state index in [1.165, 1.54) is 11.8 Å². The second-order valence-corrected chi connectivity index (χ2v) is 6.44. The van der Waals surface area contributed by atoms with E-state index in [-0.39, 0.29) is 11.2 Å². The van der Waals surface area contributed by atoms with Crippen LogP contribution in [0.3, 0.4) is 0 Å². The van der Waals surface area contributed by atoms with Crippen molar-refractivity contribution in [2.45, 2.75) is 49.9 Å². The number of aliphatic carboxylic acids is 1. The number of rotatable bonds is 4. The fourth-order valence-corrected chi connectivity index (χ4v) is 3.86. The number of nitrogens with zero attached hydrogens (tertiary/aromatic N) is 2. The lowest BCUT2D eigenvalue weighted by atomic mass is 9.80. The number of hydrogen-bond donors (Lipinski definition) is 1. The summed E-state index contributed by atoms with van der Waals surface area (Å²) in [4.78, 5) is 19.9. The van der Waals surface area contributed by atoms with Crippen molar-refractivity contribution in [3.05, 3.63) is 18.0 Å². The van der Waals surface area contributed by atoms with Crippen molar-refractivity contribution >= 4 is 17.7 Å². The fourth-order valence-electron chi connectivity index (χ4n) is 2.57. The largest absolute Gasteiger partial charge is 0.481 e. The zero-order valence-corrected chi connectivity index (χ0v) is 12.2. The molecular weight excluding hydrogens is 260 g/mol. The molecule has 1 N–H and O–H groups in total. The summed E-state index contributed by atoms with van der Waals surface area (Å²) in [7, 11) is 0. The molecule has 0 radical (unpaired) electrons. The lowest BCUT2D eigenvalue weighted by Crippen LogP contribution is -2.32. The summed E-state index contributed by atoms with van der Waals surface area (Å²) >= 11 is 1.53. The summed E-state index contributed by atoms with van der Waals surface area (Å²) in [6.45, 7) is 4.12. The lowest BCUT2D eigenvalue weighted by Gasteiger charge is -2.32. The second-order valence-electron chi connectivity index (χ2n) is 5.23. The number of aromatic nitrogens is 2. The molecule has 3 atom stereocenters. The smallest absolute Gasteiger partial charge is 0.307 e. The van der Waals surface area contributed by atoms with E-state index in [0.717, 1.165) is 31.2 Å². The number of hydrogen-bond acceptors (Lipinski definition) is 4. The molecule has 0 aliphatic heterocycles. The molecule has 1 aromatic rings. The Balaban J connectivity index is 2.08. The molecule has 1 aliphatic rings. The van der Waals surface area contributed by atoms with Gasteiger partial charge in [0.05, 0.1) is 5.92 Å². The molecule has 0 aromatic carbocycles. The molecular formula is C14H20N2O2S. The molecule has 1 saturated carbocycles. The Kier molecular flexibility index (Phi) is 4.80. The minimum absolute atomic E-state index is 0.0962. The van der Waals surface area contributed by atoms with E-state index < -0.39 is 5.97 Å². The number of carboxylic acids is 1. The Morgan fingerprint density at radius 2 is 2.11 bits per heavy atom. The van der Waals surface area contributed by atoms with Gasteiger partial charge in [-0.15, -0.1) is 0 Å². The first kappa shape index (κ1) is 14.3. The molecule has 19 heavy (non-hydrogen) atoms. The minimum atomic E-state index is -0.681. The predicted molar refractivity (Wildman–Crippen MR) is 75.2 cm³/mol. The minimum Gasteiger partial charge on any atom is -0.481 e. The van der Waals surface area contributed by atoms with Crippen molar-refractivity contribution in [3.63, 3.8) is 0 Å². The van der Waals surface area contributed by atoms with E-state index in [9.17, 15) is 9.90 Å². The van der Waals surface area contributed by atoms with Crippen LogP contribution in [0.4, 0.5) is 0 Å². The zero-order chi connectivity index (χ0) is 13.8. The van der Waals surface area contributed by atoms with Crippen molar-refractivity contribution in [1.82, 2.24) is 9.97 Å². The van der Waals surface area contributed by atoms with Crippen LogP contribution < -0.4 is 0 Å². The van der Waals surface area contributed by atoms with Crippen LogP contribution in [0, 0.1) is 18.8 Å². The van der Waals surface area contributed by atoms with Gasteiger partial charge >= 0.3 is 5.97 Å². The van der Waals surface area contributed by atoms with Crippen molar-refractivity contribution in [3.8, 4) is 0 Å². The maximum Gasteiger partial charge on any atom is 0.307 e. The van der Waals surface area contributed by atoms with Gasteiger partial charge in [-0.05, 0) is 37.7 Å². The van der Waals surface area contributed by atoms with E-state index in [0.29, 0.717) is 11.1 Å². The Labute approximate surface area is 118 Å². The highest BCUT2D eigenvalue weighted by Crippen LogP contribution is 2.40. The van der Waals surface area contributed by atoms with Gasteiger partial charge in [0, 0.05) is 17.6 Å². The van der Waals surface area contributed by atoms with Crippen LogP contribution in [0.1, 0.15) is 38.2 Å². The topological polar surface area (TPSA) is 63.1 Å². The number of carbonyl (C=O) groups is 1. The van der Waals surface area contributed by atoms with Gasteiger partial charge < -0.3 is 5.11 Å². The zero-order valence-electron chi connectivity index (χ0n) is 11.4. The van der Waals surface area contributed by atoms with Crippen molar-refractivity contribution in [2.75, 3.05) is 0 Å². The quantitative estimate of drug-likeness (QED) is 0.858. The van der Waals surface area contributed by atoms with Gasteiger partial charge in [-0.3, -0.25) is 4.79 Å². The standard InChI is InChI=1S/C14H20N2O2S/c1-3-10-4-5-11(13(17)18)12(6-10)19-14-15-7-9(2)8-16-14/h7-8,10-12H,3-6H2,1-2H3,(H,17,18). The van der Waals surface area contributed by atoms with Crippen LogP contribution in [-0.4, -0.2) is 26.3 Å². The molecule has 0 spiro atoms. The van der Waals surface area contributed by atoms with E-state index >= 15 is 0 Å². The monoisotopic (exact) mass is 280 g/mol. The van der Waals surface area contributed by atoms with Gasteiger partial charge in [-0.25, -0.2) is 9.97 Å². The summed E-state index contributed by atoms with van der Waals surface area (Å²) in [6, 6.07) is 0. The molecule has 0 bridgehead atoms. The molecule has 4 nitrogen and oxygen atoms in total. The van der Waals surface area contributed by atoms with Gasteiger partial charge in [0.1, 0.15) is 0 Å². The van der Waals surface area contributed by atoms with Crippen molar-refractivity contribution < 1.29 is 9.90 Å². The average molecular weight is 280 g/mol. The Bertz CT molecular complexity index is 436. The van der Waals surface area contributed by atoms with Gasteiger partial charge in [0.2, 0.25) is 0 Å². The van der Waals surface area contributed by atoms with E-state index in [4.69, 9.17) is 0 Å². The highest BCUT2D eigenvalue weighted by Gasteiger charge is 2.35. The highest BCUT2D eigenvalue weighted by molar-refractivity contribution is 7.99. The van der Waals surface area contributed by atoms with Gasteiger partial charge in [-0.2, -0.15) is 0 Å². The highest BCUT2D eigenvalue weighted by atomic mass is 32.2. The molecule has 0 amide bonds. The summed E-state index contributed by atoms with van der Waals surface area (Å²) in [5.41, 5.74) is 1.02. The van der Waals surface area contributed by atoms with Crippen LogP contribution in [-0.2, 0) is 4.79 Å². The van der Waals surface area contributed by atoms with E-state index in [2.05, 4.69) is 16.9 Å². The third-order valence-corrected chi connectivity index (χ3v) is 5.05. The van der Waals surface area contributed by atoms with Crippen LogP contribution in [0.5, 0.6) is 0 Å². The maximum absolute atomic E-state index is 11.3. The molecule has 1 aliphatic carbocycles. The maximum atomic E-state index is 11.3. The molecule has 104 valence electrons. The normalized spacial score (nSPS) is 27.2. The van der Waals surface area contributed by atoms with Crippen LogP contribution in [0.2, 0.25) is 0 Å². The first-order chi connectivity index (χ1) is 9.10. The average Bonchev–Trinajstić information content (AvgIpc) is 2.41. The molecule has 1 heterocycles. The SMILES string of the molecule is CCC1CCC(C(=O)O)C(Sc2ncc(C)cn2)C1. The van der Waals surface area contributed by atoms with E-state index in [1.54, 1.807) is 12.4 Å². The van der Waals surface area contributed by atoms with Crippen molar-refractivity contribution in [1.29, 1.82) is 0 Å². The van der Waals surface area contributed by atoms with Crippen LogP contribution in [0.25, 0.3) is 0 Å². The lowest BCUT2D eigenvalue weighted by molar-refractivity contribution is -0.142. The number of carboxylic acid groups (broad SMARTS) is 1. The van der Waals surface area contributed by atoms with Crippen LogP contribution in [0.15, 0.2) is 17.6 Å². The molecule has 1 fully saturated rings. The van der Waals surface area contributed by atoms with E-state index in [1.807, 2.05) is 6.92 Å². The molecule has 5 heteroatoms. The predicted octanol–water partition coefficient (Wildman–Crippen LogP) is 3.16. The number of thioether (sulfide) groups is 1. The summed E-state index contributed by atoms with van der Waals surface area (Å²) in [5.74, 6) is -0.310. The van der Waals surface area contributed by atoms with Crippen LogP contribution >= 0.6 is 11.8 Å². The molecule has 3 unspecified atom stereocenters. The van der Waals surface area contributed by atoms with Gasteiger partial charge in [0.25, 0.3) is 0 Å². The third kappa shape index (κ3) is 3.69. The first-order valence-electron chi connectivity index (χ1n) is 6.78. The Morgan fingerprint density at radius 1 is 1.42 bits per heavy atom. The van der Waals surface area contributed by atoms with Gasteiger partial charge in [-0.1, -0.05) is 25.1 Å². The fraction of sp³-hybridized carbons (Fsp3) is 0.643. The number of aryl methyl sites for hydroxylation is 1. The Hall–Kier alpha value is -1.10. The second kappa shape index (κ2) is 6.37. The van der Waals surface area contributed by atoms with Crippen molar-refractivity contribution in [2.24, 2.45) is 11.8 Å². The summed E-state index contributed by atoms with van der Waals surface area (Å²) in [5, 5.41) is 10.1. The summed E-state index contributed by atoms with van der Waals surface area (Å²) < 4.78 is 0. The Morgan fingerprint density at radius 3 is 2.68 bits per heavy atom. The van der Waals surface area contributed by atoms with Gasteiger partial charge in [0.15, 0.2) is 5.16 Å². The molecule has 1 aromatic heterocycles. The molecule has 2 rings (SSSR count). The third-order valence-electron chi connectivity index (χ3n) is 3.81. The molecule has 0 saturated heterocycles. The first-order valence-corrected chi connectivity index (χ1v) is 7.66.